The van der Waals surface area contributed by atoms with Crippen LogP contribution in [0.15, 0.2) is 12.4 Å². The fraction of sp³-hybridized carbons (Fsp3) is 0.765. The molecule has 4 atom stereocenters. The van der Waals surface area contributed by atoms with Crippen LogP contribution in [-0.4, -0.2) is 57.2 Å². The van der Waals surface area contributed by atoms with Crippen LogP contribution in [0.5, 0.6) is 0 Å². The molecule has 1 saturated carbocycles. The number of aliphatic hydroxyl groups is 1. The van der Waals surface area contributed by atoms with Gasteiger partial charge in [-0.15, -0.1) is 0 Å². The van der Waals surface area contributed by atoms with Crippen molar-refractivity contribution in [2.24, 2.45) is 11.3 Å². The SMILES string of the molecule is CCn1ccnc1C(=O)N[C@@H]1CC2(C[C@H]1O)CN(C)C2C(C)C. The molecule has 0 bridgehead atoms. The quantitative estimate of drug-likeness (QED) is 0.872. The summed E-state index contributed by atoms with van der Waals surface area (Å²) >= 11 is 0. The number of nitrogens with zero attached hydrogens (tertiary/aromatic N) is 3. The molecule has 1 spiro atoms. The lowest BCUT2D eigenvalue weighted by molar-refractivity contribution is -0.0827. The van der Waals surface area contributed by atoms with E-state index < -0.39 is 6.10 Å². The van der Waals surface area contributed by atoms with Crippen molar-refractivity contribution in [3.05, 3.63) is 18.2 Å². The largest absolute Gasteiger partial charge is 0.391 e. The molecule has 0 radical (unpaired) electrons. The molecule has 1 aromatic heterocycles. The molecule has 2 aliphatic rings. The molecule has 1 aliphatic carbocycles. The van der Waals surface area contributed by atoms with Crippen LogP contribution in [0.3, 0.4) is 0 Å². The number of hydrogen-bond donors (Lipinski definition) is 2. The van der Waals surface area contributed by atoms with Gasteiger partial charge in [0.05, 0.1) is 12.1 Å². The molecule has 2 heterocycles. The third-order valence-electron chi connectivity index (χ3n) is 5.58. The highest BCUT2D eigenvalue weighted by Gasteiger charge is 2.58. The van der Waals surface area contributed by atoms with Gasteiger partial charge in [0.2, 0.25) is 0 Å². The summed E-state index contributed by atoms with van der Waals surface area (Å²) in [6.45, 7) is 8.16. The van der Waals surface area contributed by atoms with Crippen LogP contribution in [0.1, 0.15) is 44.2 Å². The maximum Gasteiger partial charge on any atom is 0.287 e. The fourth-order valence-electron chi connectivity index (χ4n) is 5.00. The van der Waals surface area contributed by atoms with Crippen LogP contribution in [0.2, 0.25) is 0 Å². The zero-order chi connectivity index (χ0) is 16.8. The molecule has 1 aromatic rings. The van der Waals surface area contributed by atoms with Crippen molar-refractivity contribution in [2.45, 2.75) is 58.3 Å². The van der Waals surface area contributed by atoms with E-state index in [1.54, 1.807) is 12.4 Å². The monoisotopic (exact) mass is 320 g/mol. The van der Waals surface area contributed by atoms with Gasteiger partial charge in [0.1, 0.15) is 0 Å². The first-order valence-electron chi connectivity index (χ1n) is 8.58. The smallest absolute Gasteiger partial charge is 0.287 e. The second-order valence-electron chi connectivity index (χ2n) is 7.56. The highest BCUT2D eigenvalue weighted by Crippen LogP contribution is 2.52. The van der Waals surface area contributed by atoms with Crippen molar-refractivity contribution in [2.75, 3.05) is 13.6 Å². The molecule has 6 heteroatoms. The fourth-order valence-corrected chi connectivity index (χ4v) is 5.00. The summed E-state index contributed by atoms with van der Waals surface area (Å²) in [6, 6.07) is 0.302. The molecule has 6 nitrogen and oxygen atoms in total. The Bertz CT molecular complexity index is 580. The van der Waals surface area contributed by atoms with E-state index in [0.717, 1.165) is 19.4 Å². The first-order chi connectivity index (χ1) is 10.9. The lowest BCUT2D eigenvalue weighted by Gasteiger charge is -2.57. The van der Waals surface area contributed by atoms with Crippen LogP contribution in [-0.2, 0) is 6.54 Å². The van der Waals surface area contributed by atoms with Crippen LogP contribution in [0.4, 0.5) is 0 Å². The summed E-state index contributed by atoms with van der Waals surface area (Å²) in [5, 5.41) is 13.5. The number of rotatable bonds is 4. The number of amides is 1. The molecule has 3 rings (SSSR count). The number of hydrogen-bond acceptors (Lipinski definition) is 4. The number of imidazole rings is 1. The highest BCUT2D eigenvalue weighted by molar-refractivity contribution is 5.91. The minimum atomic E-state index is -0.473. The Morgan fingerprint density at radius 1 is 1.52 bits per heavy atom. The van der Waals surface area contributed by atoms with Gasteiger partial charge in [-0.3, -0.25) is 4.79 Å². The lowest BCUT2D eigenvalue weighted by atomic mass is 9.66. The molecule has 128 valence electrons. The first kappa shape index (κ1) is 16.5. The van der Waals surface area contributed by atoms with E-state index in [2.05, 4.69) is 36.1 Å². The molecular weight excluding hydrogens is 292 g/mol. The number of aryl methyl sites for hydroxylation is 1. The van der Waals surface area contributed by atoms with Crippen molar-refractivity contribution in [1.29, 1.82) is 0 Å². The molecule has 2 fully saturated rings. The standard InChI is InChI=1S/C17H28N4O2/c1-5-21-7-6-18-15(21)16(23)19-12-8-17(9-13(12)22)10-20(4)14(17)11(2)3/h6-7,11-14,22H,5,8-10H2,1-4H3,(H,19,23)/t12-,13-,14?,17?/m1/s1. The Balaban J connectivity index is 1.69. The molecular formula is C17H28N4O2. The van der Waals surface area contributed by atoms with Gasteiger partial charge in [0, 0.05) is 36.9 Å². The molecule has 2 N–H and O–H groups in total. The Morgan fingerprint density at radius 3 is 2.87 bits per heavy atom. The number of likely N-dealkylation sites (tertiary alicyclic amines) is 1. The minimum Gasteiger partial charge on any atom is -0.391 e. The third-order valence-corrected chi connectivity index (χ3v) is 5.58. The topological polar surface area (TPSA) is 70.4 Å². The number of nitrogens with one attached hydrogen (secondary N) is 1. The maximum absolute atomic E-state index is 12.5. The van der Waals surface area contributed by atoms with Gasteiger partial charge in [0.25, 0.3) is 5.91 Å². The second kappa shape index (κ2) is 5.91. The maximum atomic E-state index is 12.5. The number of aliphatic hydroxyl groups excluding tert-OH is 1. The molecule has 2 unspecified atom stereocenters. The number of carbonyl (C=O) groups excluding carboxylic acids is 1. The zero-order valence-corrected chi connectivity index (χ0v) is 14.5. The molecule has 1 aliphatic heterocycles. The van der Waals surface area contributed by atoms with Crippen LogP contribution in [0, 0.1) is 11.3 Å². The average Bonchev–Trinajstić information content (AvgIpc) is 3.03. The Labute approximate surface area is 137 Å². The summed E-state index contributed by atoms with van der Waals surface area (Å²) in [7, 11) is 2.15. The third kappa shape index (κ3) is 2.68. The van der Waals surface area contributed by atoms with E-state index in [0.29, 0.717) is 24.3 Å². The first-order valence-corrected chi connectivity index (χ1v) is 8.58. The molecule has 0 aromatic carbocycles. The van der Waals surface area contributed by atoms with Gasteiger partial charge in [0.15, 0.2) is 5.82 Å². The van der Waals surface area contributed by atoms with E-state index in [-0.39, 0.29) is 17.4 Å². The normalized spacial score (nSPS) is 34.1. The van der Waals surface area contributed by atoms with E-state index in [9.17, 15) is 9.90 Å². The predicted octanol–water partition coefficient (Wildman–Crippen LogP) is 1.11. The summed E-state index contributed by atoms with van der Waals surface area (Å²) < 4.78 is 1.82. The van der Waals surface area contributed by atoms with E-state index in [1.165, 1.54) is 0 Å². The summed E-state index contributed by atoms with van der Waals surface area (Å²) in [4.78, 5) is 19.0. The van der Waals surface area contributed by atoms with Gasteiger partial charge >= 0.3 is 0 Å². The van der Waals surface area contributed by atoms with E-state index >= 15 is 0 Å². The van der Waals surface area contributed by atoms with Crippen molar-refractivity contribution in [3.63, 3.8) is 0 Å². The zero-order valence-electron chi connectivity index (χ0n) is 14.5. The van der Waals surface area contributed by atoms with Crippen molar-refractivity contribution >= 4 is 5.91 Å². The Kier molecular flexibility index (Phi) is 4.23. The average molecular weight is 320 g/mol. The second-order valence-corrected chi connectivity index (χ2v) is 7.56. The van der Waals surface area contributed by atoms with E-state index in [1.807, 2.05) is 11.5 Å². The van der Waals surface area contributed by atoms with Gasteiger partial charge in [-0.25, -0.2) is 4.98 Å². The molecule has 1 saturated heterocycles. The Hall–Kier alpha value is -1.40. The number of carbonyl (C=O) groups is 1. The number of aromatic nitrogens is 2. The van der Waals surface area contributed by atoms with E-state index in [4.69, 9.17) is 0 Å². The predicted molar refractivity (Wildman–Crippen MR) is 88.1 cm³/mol. The van der Waals surface area contributed by atoms with Gasteiger partial charge in [-0.05, 0) is 32.7 Å². The van der Waals surface area contributed by atoms with Crippen LogP contribution in [0.25, 0.3) is 0 Å². The van der Waals surface area contributed by atoms with Crippen LogP contribution < -0.4 is 5.32 Å². The molecule has 1 amide bonds. The summed E-state index contributed by atoms with van der Waals surface area (Å²) in [5.41, 5.74) is 0.139. The summed E-state index contributed by atoms with van der Waals surface area (Å²) in [5.74, 6) is 0.785. The van der Waals surface area contributed by atoms with Gasteiger partial charge < -0.3 is 19.9 Å². The van der Waals surface area contributed by atoms with Gasteiger partial charge in [-0.2, -0.15) is 0 Å². The molecule has 23 heavy (non-hydrogen) atoms. The summed E-state index contributed by atoms with van der Waals surface area (Å²) in [6.07, 6.45) is 4.59. The Morgan fingerprint density at radius 2 is 2.26 bits per heavy atom. The van der Waals surface area contributed by atoms with Crippen molar-refractivity contribution in [3.8, 4) is 0 Å². The van der Waals surface area contributed by atoms with Crippen molar-refractivity contribution in [1.82, 2.24) is 19.8 Å². The highest BCUT2D eigenvalue weighted by atomic mass is 16.3. The minimum absolute atomic E-state index is 0.139. The lowest BCUT2D eigenvalue weighted by Crippen LogP contribution is -2.64. The van der Waals surface area contributed by atoms with Crippen molar-refractivity contribution < 1.29 is 9.90 Å². The van der Waals surface area contributed by atoms with Gasteiger partial charge in [-0.1, -0.05) is 13.8 Å². The van der Waals surface area contributed by atoms with Crippen LogP contribution >= 0.6 is 0 Å².